The van der Waals surface area contributed by atoms with E-state index in [1.54, 1.807) is 0 Å². The van der Waals surface area contributed by atoms with Crippen LogP contribution in [0.1, 0.15) is 69.2 Å². The highest BCUT2D eigenvalue weighted by Gasteiger charge is 2.29. The minimum absolute atomic E-state index is 0.557. The van der Waals surface area contributed by atoms with Gasteiger partial charge in [0.1, 0.15) is 16.8 Å². The number of aromatic nitrogens is 2. The lowest BCUT2D eigenvalue weighted by Gasteiger charge is -2.24. The Hall–Kier alpha value is -0.830. The molecule has 3 nitrogen and oxygen atoms in total. The minimum Gasteiger partial charge on any atom is -0.356 e. The van der Waals surface area contributed by atoms with E-state index in [0.29, 0.717) is 11.1 Å². The Morgan fingerprint density at radius 2 is 1.95 bits per heavy atom. The molecule has 0 spiro atoms. The number of hydrogen-bond acceptors (Lipinski definition) is 3. The molecule has 0 aromatic carbocycles. The van der Waals surface area contributed by atoms with Gasteiger partial charge in [-0.3, -0.25) is 0 Å². The summed E-state index contributed by atoms with van der Waals surface area (Å²) in [5.74, 6) is 3.51. The second kappa shape index (κ2) is 6.51. The van der Waals surface area contributed by atoms with E-state index in [-0.39, 0.29) is 0 Å². The average molecular weight is 308 g/mol. The van der Waals surface area contributed by atoms with E-state index < -0.39 is 0 Å². The molecule has 1 saturated heterocycles. The van der Waals surface area contributed by atoms with E-state index in [4.69, 9.17) is 16.6 Å². The van der Waals surface area contributed by atoms with Gasteiger partial charge in [-0.25, -0.2) is 9.97 Å². The summed E-state index contributed by atoms with van der Waals surface area (Å²) in [5, 5.41) is 0.649. The van der Waals surface area contributed by atoms with Crippen molar-refractivity contribution in [2.75, 3.05) is 18.0 Å². The largest absolute Gasteiger partial charge is 0.356 e. The van der Waals surface area contributed by atoms with E-state index in [1.165, 1.54) is 44.9 Å². The number of halogens is 1. The maximum Gasteiger partial charge on any atom is 0.137 e. The van der Waals surface area contributed by atoms with Gasteiger partial charge in [0.05, 0.1) is 0 Å². The van der Waals surface area contributed by atoms with Crippen LogP contribution in [0.4, 0.5) is 5.82 Å². The molecular formula is C17H26ClN3. The Labute approximate surface area is 133 Å². The fourth-order valence-electron chi connectivity index (χ4n) is 3.40. The Balaban J connectivity index is 1.79. The van der Waals surface area contributed by atoms with Crippen LogP contribution in [0.3, 0.4) is 0 Å². The van der Waals surface area contributed by atoms with Crippen LogP contribution in [0.25, 0.3) is 0 Å². The van der Waals surface area contributed by atoms with E-state index in [2.05, 4.69) is 23.7 Å². The van der Waals surface area contributed by atoms with Crippen molar-refractivity contribution < 1.29 is 0 Å². The highest BCUT2D eigenvalue weighted by molar-refractivity contribution is 6.30. The molecule has 0 N–H and O–H groups in total. The third kappa shape index (κ3) is 3.50. The maximum atomic E-state index is 6.35. The molecule has 0 radical (unpaired) electrons. The van der Waals surface area contributed by atoms with E-state index in [0.717, 1.165) is 36.2 Å². The quantitative estimate of drug-likeness (QED) is 0.753. The standard InChI is InChI=1S/C17H26ClN3/c1-3-5-13-6-4-10-21(11-9-13)17-12(2)15(18)19-16(20-17)14-7-8-14/h13-14H,3-11H2,1-2H3. The zero-order chi connectivity index (χ0) is 14.8. The molecule has 2 heterocycles. The summed E-state index contributed by atoms with van der Waals surface area (Å²) in [6.07, 6.45) is 9.02. The van der Waals surface area contributed by atoms with E-state index in [9.17, 15) is 0 Å². The molecule has 21 heavy (non-hydrogen) atoms. The number of nitrogens with zero attached hydrogens (tertiary/aromatic N) is 3. The maximum absolute atomic E-state index is 6.35. The van der Waals surface area contributed by atoms with Crippen molar-refractivity contribution in [1.29, 1.82) is 0 Å². The first-order valence-corrected chi connectivity index (χ1v) is 8.85. The van der Waals surface area contributed by atoms with Crippen molar-refractivity contribution >= 4 is 17.4 Å². The van der Waals surface area contributed by atoms with Gasteiger partial charge in [-0.15, -0.1) is 0 Å². The lowest BCUT2D eigenvalue weighted by Crippen LogP contribution is -2.27. The third-order valence-electron chi connectivity index (χ3n) is 4.86. The van der Waals surface area contributed by atoms with Gasteiger partial charge < -0.3 is 4.90 Å². The van der Waals surface area contributed by atoms with Gasteiger partial charge in [-0.2, -0.15) is 0 Å². The van der Waals surface area contributed by atoms with Crippen molar-refractivity contribution in [3.05, 3.63) is 16.5 Å². The van der Waals surface area contributed by atoms with Crippen molar-refractivity contribution in [2.24, 2.45) is 5.92 Å². The lowest BCUT2D eigenvalue weighted by molar-refractivity contribution is 0.435. The van der Waals surface area contributed by atoms with E-state index >= 15 is 0 Å². The van der Waals surface area contributed by atoms with Crippen LogP contribution in [0.15, 0.2) is 0 Å². The molecule has 0 bridgehead atoms. The summed E-state index contributed by atoms with van der Waals surface area (Å²) in [5.41, 5.74) is 1.05. The summed E-state index contributed by atoms with van der Waals surface area (Å²) in [6, 6.07) is 0. The number of anilines is 1. The predicted octanol–water partition coefficient (Wildman–Crippen LogP) is 4.72. The van der Waals surface area contributed by atoms with Crippen LogP contribution in [0.5, 0.6) is 0 Å². The van der Waals surface area contributed by atoms with E-state index in [1.807, 2.05) is 0 Å². The SMILES string of the molecule is CCCC1CCCN(c2nc(C3CC3)nc(Cl)c2C)CC1. The molecule has 116 valence electrons. The second-order valence-electron chi connectivity index (χ2n) is 6.67. The van der Waals surface area contributed by atoms with Crippen LogP contribution < -0.4 is 4.90 Å². The minimum atomic E-state index is 0.557. The Morgan fingerprint density at radius 3 is 2.67 bits per heavy atom. The summed E-state index contributed by atoms with van der Waals surface area (Å²) < 4.78 is 0. The van der Waals surface area contributed by atoms with Crippen molar-refractivity contribution in [3.63, 3.8) is 0 Å². The van der Waals surface area contributed by atoms with Crippen LogP contribution in [-0.2, 0) is 0 Å². The summed E-state index contributed by atoms with van der Waals surface area (Å²) >= 11 is 6.35. The van der Waals surface area contributed by atoms with Crippen molar-refractivity contribution in [1.82, 2.24) is 9.97 Å². The molecule has 3 rings (SSSR count). The van der Waals surface area contributed by atoms with Gasteiger partial charge in [0.2, 0.25) is 0 Å². The van der Waals surface area contributed by atoms with Gasteiger partial charge in [0.25, 0.3) is 0 Å². The molecule has 1 atom stereocenters. The topological polar surface area (TPSA) is 29.0 Å². The van der Waals surface area contributed by atoms with Gasteiger partial charge in [0, 0.05) is 24.6 Å². The fraction of sp³-hybridized carbons (Fsp3) is 0.765. The molecule has 1 saturated carbocycles. The van der Waals surface area contributed by atoms with Gasteiger partial charge in [0.15, 0.2) is 0 Å². The first-order chi connectivity index (χ1) is 10.2. The Kier molecular flexibility index (Phi) is 4.68. The van der Waals surface area contributed by atoms with Crippen LogP contribution in [0.2, 0.25) is 5.15 Å². The normalized spacial score (nSPS) is 23.2. The molecule has 4 heteroatoms. The molecule has 1 aliphatic heterocycles. The summed E-state index contributed by atoms with van der Waals surface area (Å²) in [7, 11) is 0. The van der Waals surface area contributed by atoms with Gasteiger partial charge in [-0.1, -0.05) is 31.4 Å². The first kappa shape index (κ1) is 15.1. The zero-order valence-electron chi connectivity index (χ0n) is 13.2. The smallest absolute Gasteiger partial charge is 0.137 e. The highest BCUT2D eigenvalue weighted by Crippen LogP contribution is 2.40. The van der Waals surface area contributed by atoms with Gasteiger partial charge >= 0.3 is 0 Å². The number of rotatable bonds is 4. The molecule has 2 aliphatic rings. The average Bonchev–Trinajstić information content (AvgIpc) is 3.29. The molecule has 1 aromatic rings. The zero-order valence-corrected chi connectivity index (χ0v) is 14.0. The molecule has 1 aliphatic carbocycles. The molecule has 1 unspecified atom stereocenters. The molecular weight excluding hydrogens is 282 g/mol. The first-order valence-electron chi connectivity index (χ1n) is 8.48. The highest BCUT2D eigenvalue weighted by atomic mass is 35.5. The third-order valence-corrected chi connectivity index (χ3v) is 5.23. The monoisotopic (exact) mass is 307 g/mol. The number of hydrogen-bond donors (Lipinski definition) is 0. The van der Waals surface area contributed by atoms with Crippen LogP contribution in [0, 0.1) is 12.8 Å². The second-order valence-corrected chi connectivity index (χ2v) is 7.03. The lowest BCUT2D eigenvalue weighted by atomic mass is 9.96. The van der Waals surface area contributed by atoms with Crippen LogP contribution >= 0.6 is 11.6 Å². The molecule has 0 amide bonds. The summed E-state index contributed by atoms with van der Waals surface area (Å²) in [4.78, 5) is 11.8. The van der Waals surface area contributed by atoms with Gasteiger partial charge in [-0.05, 0) is 44.9 Å². The Morgan fingerprint density at radius 1 is 1.14 bits per heavy atom. The fourth-order valence-corrected chi connectivity index (χ4v) is 3.57. The van der Waals surface area contributed by atoms with Crippen molar-refractivity contribution in [2.45, 2.75) is 64.7 Å². The molecule has 1 aromatic heterocycles. The van der Waals surface area contributed by atoms with Crippen molar-refractivity contribution in [3.8, 4) is 0 Å². The Bertz CT molecular complexity index is 499. The summed E-state index contributed by atoms with van der Waals surface area (Å²) in [6.45, 7) is 6.57. The van der Waals surface area contributed by atoms with Crippen LogP contribution in [-0.4, -0.2) is 23.1 Å². The molecule has 2 fully saturated rings. The predicted molar refractivity (Wildman–Crippen MR) is 88.2 cm³/mol.